The number of carbonyl (C=O) groups excluding carboxylic acids is 2. The highest BCUT2D eigenvalue weighted by molar-refractivity contribution is 8.15. The lowest BCUT2D eigenvalue weighted by Crippen LogP contribution is -2.33. The van der Waals surface area contributed by atoms with Crippen molar-refractivity contribution >= 4 is 63.3 Å². The zero-order valence-electron chi connectivity index (χ0n) is 16.2. The molecule has 2 amide bonds. The number of nitrogens with one attached hydrogen (secondary N) is 1. The predicted octanol–water partition coefficient (Wildman–Crippen LogP) is 4.69. The molecule has 158 valence electrons. The smallest absolute Gasteiger partial charge is 0.242 e. The summed E-state index contributed by atoms with van der Waals surface area (Å²) in [4.78, 5) is 31.2. The molecule has 1 fully saturated rings. The van der Waals surface area contributed by atoms with Gasteiger partial charge in [-0.2, -0.15) is 0 Å². The van der Waals surface area contributed by atoms with Crippen molar-refractivity contribution in [1.82, 2.24) is 4.90 Å². The largest absolute Gasteiger partial charge is 0.505 e. The van der Waals surface area contributed by atoms with Crippen molar-refractivity contribution in [3.05, 3.63) is 46.4 Å². The highest BCUT2D eigenvalue weighted by Gasteiger charge is 2.38. The summed E-state index contributed by atoms with van der Waals surface area (Å²) >= 11 is 13.1. The van der Waals surface area contributed by atoms with Crippen LogP contribution in [0.25, 0.3) is 0 Å². The Hall–Kier alpha value is -2.42. The average Bonchev–Trinajstić information content (AvgIpc) is 3.00. The number of carbonyl (C=O) groups is 2. The van der Waals surface area contributed by atoms with Crippen LogP contribution in [0, 0.1) is 0 Å². The van der Waals surface area contributed by atoms with E-state index in [4.69, 9.17) is 27.9 Å². The van der Waals surface area contributed by atoms with E-state index >= 15 is 0 Å². The number of nitrogens with zero attached hydrogens (tertiary/aromatic N) is 2. The van der Waals surface area contributed by atoms with Crippen LogP contribution < -0.4 is 10.1 Å². The minimum atomic E-state index is -0.610. The van der Waals surface area contributed by atoms with Crippen LogP contribution in [-0.2, 0) is 9.59 Å². The summed E-state index contributed by atoms with van der Waals surface area (Å²) in [6, 6.07) is 9.96. The fourth-order valence-corrected chi connectivity index (χ4v) is 4.56. The Balaban J connectivity index is 1.76. The molecule has 0 spiro atoms. The maximum Gasteiger partial charge on any atom is 0.242 e. The van der Waals surface area contributed by atoms with Crippen molar-refractivity contribution in [2.45, 2.75) is 18.6 Å². The number of hydrogen-bond donors (Lipinski definition) is 2. The van der Waals surface area contributed by atoms with Gasteiger partial charge in [0.2, 0.25) is 11.8 Å². The van der Waals surface area contributed by atoms with Gasteiger partial charge >= 0.3 is 0 Å². The second-order valence-corrected chi connectivity index (χ2v) is 8.28. The van der Waals surface area contributed by atoms with Crippen molar-refractivity contribution in [2.24, 2.45) is 4.99 Å². The molecule has 3 rings (SSSR count). The molecule has 30 heavy (non-hydrogen) atoms. The Labute approximate surface area is 188 Å². The quantitative estimate of drug-likeness (QED) is 0.642. The summed E-state index contributed by atoms with van der Waals surface area (Å²) in [5.41, 5.74) is 0.936. The summed E-state index contributed by atoms with van der Waals surface area (Å²) in [6.07, 6.45) is -0.0197. The molecule has 0 aliphatic carbocycles. The molecule has 2 aromatic rings. The van der Waals surface area contributed by atoms with Gasteiger partial charge in [-0.1, -0.05) is 47.1 Å². The molecule has 0 radical (unpaired) electrons. The van der Waals surface area contributed by atoms with E-state index in [0.717, 1.165) is 0 Å². The van der Waals surface area contributed by atoms with Crippen molar-refractivity contribution in [2.75, 3.05) is 19.0 Å². The van der Waals surface area contributed by atoms with E-state index in [9.17, 15) is 14.7 Å². The number of aliphatic imine (C=N–C) groups is 1. The minimum absolute atomic E-state index is 0.0197. The van der Waals surface area contributed by atoms with Gasteiger partial charge in [0, 0.05) is 13.0 Å². The topological polar surface area (TPSA) is 91.2 Å². The molecule has 0 aromatic heterocycles. The van der Waals surface area contributed by atoms with E-state index in [2.05, 4.69) is 10.3 Å². The fourth-order valence-electron chi connectivity index (χ4n) is 2.86. The van der Waals surface area contributed by atoms with Gasteiger partial charge in [-0.3, -0.25) is 14.5 Å². The molecular formula is C20H19Cl2N3O4S. The number of aromatic hydroxyl groups is 1. The molecule has 0 unspecified atom stereocenters. The van der Waals surface area contributed by atoms with Crippen LogP contribution in [0.2, 0.25) is 10.0 Å². The van der Waals surface area contributed by atoms with Crippen LogP contribution in [0.3, 0.4) is 0 Å². The van der Waals surface area contributed by atoms with E-state index in [1.807, 2.05) is 6.92 Å². The monoisotopic (exact) mass is 467 g/mol. The first kappa shape index (κ1) is 22.3. The molecule has 1 aliphatic heterocycles. The van der Waals surface area contributed by atoms with Gasteiger partial charge in [0.05, 0.1) is 28.5 Å². The molecule has 0 bridgehead atoms. The molecule has 0 saturated carbocycles. The zero-order valence-corrected chi connectivity index (χ0v) is 18.5. The normalized spacial score (nSPS) is 17.5. The number of benzene rings is 2. The lowest BCUT2D eigenvalue weighted by molar-refractivity contribution is -0.128. The minimum Gasteiger partial charge on any atom is -0.505 e. The first-order valence-corrected chi connectivity index (χ1v) is 10.6. The number of ether oxygens (including phenoxy) is 1. The van der Waals surface area contributed by atoms with Crippen molar-refractivity contribution < 1.29 is 19.4 Å². The van der Waals surface area contributed by atoms with E-state index in [-0.39, 0.29) is 34.0 Å². The average molecular weight is 468 g/mol. The number of thioether (sulfide) groups is 1. The van der Waals surface area contributed by atoms with Gasteiger partial charge in [-0.15, -0.1) is 0 Å². The number of amidine groups is 1. The van der Waals surface area contributed by atoms with Gasteiger partial charge in [0.25, 0.3) is 0 Å². The van der Waals surface area contributed by atoms with Crippen LogP contribution in [0.5, 0.6) is 11.5 Å². The highest BCUT2D eigenvalue weighted by Crippen LogP contribution is 2.38. The molecule has 1 heterocycles. The summed E-state index contributed by atoms with van der Waals surface area (Å²) in [5, 5.41) is 12.4. The van der Waals surface area contributed by atoms with Crippen molar-refractivity contribution in [3.8, 4) is 11.5 Å². The van der Waals surface area contributed by atoms with E-state index in [1.54, 1.807) is 24.3 Å². The van der Waals surface area contributed by atoms with Crippen LogP contribution in [-0.4, -0.2) is 45.9 Å². The number of phenolic OH excluding ortho intramolecular Hbond substituents is 1. The van der Waals surface area contributed by atoms with Crippen LogP contribution >= 0.6 is 35.0 Å². The number of anilines is 1. The first-order chi connectivity index (χ1) is 14.3. The Bertz CT molecular complexity index is 992. The molecule has 7 nitrogen and oxygen atoms in total. The maximum atomic E-state index is 12.8. The molecule has 1 aliphatic rings. The fraction of sp³-hybridized carbons (Fsp3) is 0.250. The van der Waals surface area contributed by atoms with E-state index < -0.39 is 5.25 Å². The Morgan fingerprint density at radius 3 is 2.60 bits per heavy atom. The van der Waals surface area contributed by atoms with Gasteiger partial charge in [0.1, 0.15) is 11.0 Å². The predicted molar refractivity (Wildman–Crippen MR) is 120 cm³/mol. The molecule has 1 atom stereocenters. The number of rotatable bonds is 6. The van der Waals surface area contributed by atoms with E-state index in [1.165, 1.54) is 35.9 Å². The SMILES string of the molecule is CCN1C(=O)[C@H](CC(=O)Nc2ccccc2OC)SC1=Nc1cc(Cl)c(O)c(Cl)c1. The number of hydrogen-bond acceptors (Lipinski definition) is 6. The third kappa shape index (κ3) is 4.83. The lowest BCUT2D eigenvalue weighted by atomic mass is 10.2. The third-order valence-corrected chi connectivity index (χ3v) is 6.07. The Morgan fingerprint density at radius 2 is 1.97 bits per heavy atom. The first-order valence-electron chi connectivity index (χ1n) is 9.01. The van der Waals surface area contributed by atoms with Gasteiger partial charge in [-0.25, -0.2) is 4.99 Å². The second-order valence-electron chi connectivity index (χ2n) is 6.29. The van der Waals surface area contributed by atoms with Crippen LogP contribution in [0.4, 0.5) is 11.4 Å². The van der Waals surface area contributed by atoms with Crippen molar-refractivity contribution in [1.29, 1.82) is 0 Å². The standard InChI is InChI=1S/C20H19Cl2N3O4S/c1-3-25-19(28)16(10-17(26)24-14-6-4-5-7-15(14)29-2)30-20(25)23-11-8-12(21)18(27)13(22)9-11/h4-9,16,27H,3,10H2,1-2H3,(H,24,26)/t16-/m0/s1. The van der Waals surface area contributed by atoms with E-state index in [0.29, 0.717) is 28.8 Å². The number of phenols is 1. The Kier molecular flexibility index (Phi) is 7.12. The Morgan fingerprint density at radius 1 is 1.30 bits per heavy atom. The van der Waals surface area contributed by atoms with Gasteiger partial charge < -0.3 is 15.2 Å². The highest BCUT2D eigenvalue weighted by atomic mass is 35.5. The molecule has 10 heteroatoms. The van der Waals surface area contributed by atoms with Crippen LogP contribution in [0.15, 0.2) is 41.4 Å². The number of methoxy groups -OCH3 is 1. The maximum absolute atomic E-state index is 12.8. The summed E-state index contributed by atoms with van der Waals surface area (Å²) in [6.45, 7) is 2.22. The zero-order chi connectivity index (χ0) is 21.8. The molecule has 2 N–H and O–H groups in total. The number of amides is 2. The lowest BCUT2D eigenvalue weighted by Gasteiger charge is -2.14. The molecule has 2 aromatic carbocycles. The molecular weight excluding hydrogens is 449 g/mol. The summed E-state index contributed by atoms with van der Waals surface area (Å²) in [5.74, 6) is -0.198. The summed E-state index contributed by atoms with van der Waals surface area (Å²) in [7, 11) is 1.52. The van der Waals surface area contributed by atoms with Gasteiger partial charge in [0.15, 0.2) is 10.9 Å². The summed E-state index contributed by atoms with van der Waals surface area (Å²) < 4.78 is 5.23. The van der Waals surface area contributed by atoms with Crippen LogP contribution in [0.1, 0.15) is 13.3 Å². The third-order valence-electron chi connectivity index (χ3n) is 4.31. The molecule has 1 saturated heterocycles. The van der Waals surface area contributed by atoms with Crippen molar-refractivity contribution in [3.63, 3.8) is 0 Å². The second kappa shape index (κ2) is 9.59. The number of halogens is 2. The number of para-hydroxylation sites is 2. The van der Waals surface area contributed by atoms with Gasteiger partial charge in [-0.05, 0) is 31.2 Å².